The predicted octanol–water partition coefficient (Wildman–Crippen LogP) is 2.34. The van der Waals surface area contributed by atoms with E-state index < -0.39 is 0 Å². The van der Waals surface area contributed by atoms with Crippen LogP contribution in [0.1, 0.15) is 0 Å². The molecule has 0 saturated carbocycles. The summed E-state index contributed by atoms with van der Waals surface area (Å²) in [5.41, 5.74) is 0.670. The highest BCUT2D eigenvalue weighted by Gasteiger charge is 2.11. The minimum atomic E-state index is -0.144. The Morgan fingerprint density at radius 2 is 2.36 bits per heavy atom. The van der Waals surface area contributed by atoms with Crippen LogP contribution in [0, 0.1) is 5.82 Å². The normalized spacial score (nSPS) is 15.4. The lowest BCUT2D eigenvalue weighted by atomic mass is 10.3. The maximum absolute atomic E-state index is 13.0. The van der Waals surface area contributed by atoms with Crippen molar-refractivity contribution in [2.24, 2.45) is 0 Å². The lowest BCUT2D eigenvalue weighted by molar-refractivity contribution is 0.627. The number of para-hydroxylation sites is 1. The highest BCUT2D eigenvalue weighted by Crippen LogP contribution is 2.32. The van der Waals surface area contributed by atoms with Crippen molar-refractivity contribution in [3.8, 4) is 0 Å². The van der Waals surface area contributed by atoms with Gasteiger partial charge in [-0.05, 0) is 12.1 Å². The van der Waals surface area contributed by atoms with Crippen LogP contribution in [0.3, 0.4) is 0 Å². The van der Waals surface area contributed by atoms with Crippen LogP contribution in [0.5, 0.6) is 0 Å². The summed E-state index contributed by atoms with van der Waals surface area (Å²) < 4.78 is 13.0. The molecule has 58 valence electrons. The first-order chi connectivity index (χ1) is 5.38. The molecule has 2 rings (SSSR count). The molecular weight excluding hydrogens is 161 g/mol. The second kappa shape index (κ2) is 2.74. The molecule has 0 unspecified atom stereocenters. The van der Waals surface area contributed by atoms with Crippen LogP contribution in [-0.2, 0) is 0 Å². The van der Waals surface area contributed by atoms with Gasteiger partial charge in [0.2, 0.25) is 0 Å². The third kappa shape index (κ3) is 1.20. The topological polar surface area (TPSA) is 12.0 Å². The number of anilines is 1. The molecule has 11 heavy (non-hydrogen) atoms. The molecule has 0 aromatic heterocycles. The minimum absolute atomic E-state index is 0.144. The van der Waals surface area contributed by atoms with Crippen LogP contribution in [0.25, 0.3) is 0 Å². The fourth-order valence-corrected chi connectivity index (χ4v) is 2.05. The van der Waals surface area contributed by atoms with Gasteiger partial charge in [-0.2, -0.15) is 0 Å². The third-order valence-corrected chi connectivity index (χ3v) is 2.70. The average molecular weight is 169 g/mol. The second-order valence-corrected chi connectivity index (χ2v) is 3.52. The van der Waals surface area contributed by atoms with Crippen LogP contribution in [0.4, 0.5) is 10.1 Å². The van der Waals surface area contributed by atoms with Gasteiger partial charge < -0.3 is 5.32 Å². The van der Waals surface area contributed by atoms with Crippen LogP contribution >= 0.6 is 11.8 Å². The zero-order valence-electron chi connectivity index (χ0n) is 5.93. The zero-order chi connectivity index (χ0) is 7.68. The van der Waals surface area contributed by atoms with Crippen molar-refractivity contribution in [2.75, 3.05) is 17.6 Å². The second-order valence-electron chi connectivity index (χ2n) is 2.39. The number of fused-ring (bicyclic) bond motifs is 1. The highest BCUT2D eigenvalue weighted by molar-refractivity contribution is 7.99. The zero-order valence-corrected chi connectivity index (χ0v) is 6.75. The number of halogens is 1. The summed E-state index contributed by atoms with van der Waals surface area (Å²) in [6.45, 7) is 0.860. The van der Waals surface area contributed by atoms with Gasteiger partial charge in [0.15, 0.2) is 0 Å². The molecule has 0 amide bonds. The Bertz CT molecular complexity index is 275. The molecule has 0 saturated heterocycles. The van der Waals surface area contributed by atoms with Gasteiger partial charge in [-0.15, -0.1) is 11.8 Å². The lowest BCUT2D eigenvalue weighted by Gasteiger charge is -2.17. The Hall–Kier alpha value is -0.700. The van der Waals surface area contributed by atoms with E-state index in [1.807, 2.05) is 6.07 Å². The van der Waals surface area contributed by atoms with Crippen LogP contribution in [-0.4, -0.2) is 12.3 Å². The molecule has 0 atom stereocenters. The van der Waals surface area contributed by atoms with Crippen molar-refractivity contribution in [1.82, 2.24) is 0 Å². The van der Waals surface area contributed by atoms with Crippen LogP contribution in [0.2, 0.25) is 0 Å². The van der Waals surface area contributed by atoms with Gasteiger partial charge >= 0.3 is 0 Å². The van der Waals surface area contributed by atoms with Gasteiger partial charge in [-0.1, -0.05) is 6.07 Å². The fourth-order valence-electron chi connectivity index (χ4n) is 1.13. The van der Waals surface area contributed by atoms with E-state index in [0.29, 0.717) is 5.69 Å². The summed E-state index contributed by atoms with van der Waals surface area (Å²) in [6.07, 6.45) is 0. The van der Waals surface area contributed by atoms with E-state index in [1.54, 1.807) is 17.8 Å². The fraction of sp³-hybridized carbons (Fsp3) is 0.250. The van der Waals surface area contributed by atoms with Gasteiger partial charge in [0.25, 0.3) is 0 Å². The van der Waals surface area contributed by atoms with Crippen molar-refractivity contribution in [1.29, 1.82) is 0 Å². The van der Waals surface area contributed by atoms with Crippen molar-refractivity contribution in [2.45, 2.75) is 4.90 Å². The van der Waals surface area contributed by atoms with Gasteiger partial charge in [0, 0.05) is 17.2 Å². The van der Waals surface area contributed by atoms with Crippen LogP contribution < -0.4 is 5.32 Å². The summed E-state index contributed by atoms with van der Waals surface area (Å²) in [5, 5.41) is 3.04. The average Bonchev–Trinajstić information content (AvgIpc) is 2.06. The molecule has 1 aliphatic rings. The van der Waals surface area contributed by atoms with E-state index in [9.17, 15) is 4.39 Å². The highest BCUT2D eigenvalue weighted by atomic mass is 32.2. The first kappa shape index (κ1) is 6.98. The molecule has 0 radical (unpaired) electrons. The van der Waals surface area contributed by atoms with E-state index in [4.69, 9.17) is 0 Å². The molecule has 0 aliphatic carbocycles. The van der Waals surface area contributed by atoms with E-state index >= 15 is 0 Å². The van der Waals surface area contributed by atoms with E-state index in [0.717, 1.165) is 17.2 Å². The van der Waals surface area contributed by atoms with Crippen molar-refractivity contribution >= 4 is 17.4 Å². The minimum Gasteiger partial charge on any atom is -0.381 e. The molecule has 0 spiro atoms. The van der Waals surface area contributed by atoms with E-state index in [2.05, 4.69) is 5.32 Å². The molecule has 1 N–H and O–H groups in total. The van der Waals surface area contributed by atoms with Gasteiger partial charge in [0.1, 0.15) is 5.82 Å². The number of hydrogen-bond acceptors (Lipinski definition) is 2. The summed E-state index contributed by atoms with van der Waals surface area (Å²) in [7, 11) is 0. The maximum Gasteiger partial charge on any atom is 0.147 e. The molecule has 3 heteroatoms. The smallest absolute Gasteiger partial charge is 0.147 e. The molecule has 0 bridgehead atoms. The monoisotopic (exact) mass is 169 g/mol. The number of hydrogen-bond donors (Lipinski definition) is 1. The maximum atomic E-state index is 13.0. The molecule has 1 heterocycles. The number of thioether (sulfide) groups is 1. The lowest BCUT2D eigenvalue weighted by Crippen LogP contribution is -2.11. The van der Waals surface area contributed by atoms with Gasteiger partial charge in [-0.25, -0.2) is 4.39 Å². The van der Waals surface area contributed by atoms with Gasteiger partial charge in [-0.3, -0.25) is 0 Å². The Labute approximate surface area is 69.0 Å². The first-order valence-corrected chi connectivity index (χ1v) is 4.51. The van der Waals surface area contributed by atoms with E-state index in [1.165, 1.54) is 6.07 Å². The summed E-state index contributed by atoms with van der Waals surface area (Å²) >= 11 is 1.70. The summed E-state index contributed by atoms with van der Waals surface area (Å²) in [6, 6.07) is 5.17. The quantitative estimate of drug-likeness (QED) is 0.639. The molecular formula is C8H8FNS. The van der Waals surface area contributed by atoms with Crippen LogP contribution in [0.15, 0.2) is 23.1 Å². The molecule has 1 aliphatic heterocycles. The van der Waals surface area contributed by atoms with E-state index in [-0.39, 0.29) is 5.82 Å². The first-order valence-electron chi connectivity index (χ1n) is 3.53. The molecule has 1 aromatic carbocycles. The SMILES string of the molecule is Fc1cccc2c1NCCS2. The largest absolute Gasteiger partial charge is 0.381 e. The number of nitrogens with one attached hydrogen (secondary N) is 1. The Morgan fingerprint density at radius 3 is 3.18 bits per heavy atom. The molecule has 1 aromatic rings. The Kier molecular flexibility index (Phi) is 1.74. The molecule has 1 nitrogen and oxygen atoms in total. The molecule has 0 fully saturated rings. The summed E-state index contributed by atoms with van der Waals surface area (Å²) in [4.78, 5) is 1.02. The number of rotatable bonds is 0. The van der Waals surface area contributed by atoms with Crippen molar-refractivity contribution in [3.63, 3.8) is 0 Å². The van der Waals surface area contributed by atoms with Crippen molar-refractivity contribution in [3.05, 3.63) is 24.0 Å². The standard InChI is InChI=1S/C8H8FNS/c9-6-2-1-3-7-8(6)10-4-5-11-7/h1-3,10H,4-5H2. The van der Waals surface area contributed by atoms with Crippen molar-refractivity contribution < 1.29 is 4.39 Å². The number of benzene rings is 1. The van der Waals surface area contributed by atoms with Gasteiger partial charge in [0.05, 0.1) is 5.69 Å². The Morgan fingerprint density at radius 1 is 1.45 bits per heavy atom. The third-order valence-electron chi connectivity index (χ3n) is 1.64. The predicted molar refractivity (Wildman–Crippen MR) is 45.6 cm³/mol. The summed E-state index contributed by atoms with van der Waals surface area (Å²) in [5.74, 6) is 0.880. The Balaban J connectivity index is 2.49.